The van der Waals surface area contributed by atoms with Crippen LogP contribution in [-0.4, -0.2) is 19.4 Å². The third kappa shape index (κ3) is 7.08. The fraction of sp³-hybridized carbons (Fsp3) is 0.667. The molecule has 2 nitrogen and oxygen atoms in total. The third-order valence-electron chi connectivity index (χ3n) is 1.40. The van der Waals surface area contributed by atoms with E-state index in [9.17, 15) is 4.79 Å². The van der Waals surface area contributed by atoms with Gasteiger partial charge in [-0.25, -0.2) is 0 Å². The summed E-state index contributed by atoms with van der Waals surface area (Å²) in [6, 6.07) is 0. The largest absolute Gasteiger partial charge is 0.313 e. The van der Waals surface area contributed by atoms with E-state index in [1.54, 1.807) is 7.05 Å². The van der Waals surface area contributed by atoms with Gasteiger partial charge in [0.2, 0.25) is 0 Å². The van der Waals surface area contributed by atoms with Crippen LogP contribution in [0, 0.1) is 12.3 Å². The van der Waals surface area contributed by atoms with E-state index >= 15 is 0 Å². The summed E-state index contributed by atoms with van der Waals surface area (Å²) in [5, 5.41) is 2.82. The standard InChI is InChI=1S/C9H15NO/c1-3-4-5-6-7-9(11)8-10-2/h1,10H,4-8H2,2H3. The van der Waals surface area contributed by atoms with Crippen LogP contribution in [0.1, 0.15) is 25.7 Å². The van der Waals surface area contributed by atoms with Crippen molar-refractivity contribution in [3.05, 3.63) is 0 Å². The molecule has 2 heteroatoms. The molecule has 0 amide bonds. The third-order valence-corrected chi connectivity index (χ3v) is 1.40. The lowest BCUT2D eigenvalue weighted by molar-refractivity contribution is -0.118. The van der Waals surface area contributed by atoms with Crippen LogP contribution in [0.3, 0.4) is 0 Å². The van der Waals surface area contributed by atoms with Crippen LogP contribution in [0.5, 0.6) is 0 Å². The SMILES string of the molecule is C#CCCCCC(=O)CNC. The summed E-state index contributed by atoms with van der Waals surface area (Å²) in [6.45, 7) is 0.482. The van der Waals surface area contributed by atoms with Crippen LogP contribution in [0.15, 0.2) is 0 Å². The molecule has 11 heavy (non-hydrogen) atoms. The Labute approximate surface area is 68.4 Å². The monoisotopic (exact) mass is 153 g/mol. The molecule has 0 radical (unpaired) electrons. The van der Waals surface area contributed by atoms with Gasteiger partial charge in [-0.15, -0.1) is 12.3 Å². The van der Waals surface area contributed by atoms with Crippen LogP contribution in [0.4, 0.5) is 0 Å². The lowest BCUT2D eigenvalue weighted by Crippen LogP contribution is -2.17. The van der Waals surface area contributed by atoms with Gasteiger partial charge in [-0.05, 0) is 19.9 Å². The van der Waals surface area contributed by atoms with Gasteiger partial charge in [0.1, 0.15) is 5.78 Å². The molecule has 0 heterocycles. The van der Waals surface area contributed by atoms with Crippen LogP contribution < -0.4 is 5.32 Å². The molecule has 0 rings (SSSR count). The molecule has 0 atom stereocenters. The highest BCUT2D eigenvalue weighted by atomic mass is 16.1. The predicted molar refractivity (Wildman–Crippen MR) is 46.2 cm³/mol. The highest BCUT2D eigenvalue weighted by Crippen LogP contribution is 1.98. The first-order valence-corrected chi connectivity index (χ1v) is 3.91. The van der Waals surface area contributed by atoms with E-state index in [1.165, 1.54) is 0 Å². The van der Waals surface area contributed by atoms with Crippen molar-refractivity contribution < 1.29 is 4.79 Å². The number of unbranched alkanes of at least 4 members (excludes halogenated alkanes) is 2. The fourth-order valence-electron chi connectivity index (χ4n) is 0.835. The van der Waals surface area contributed by atoms with Gasteiger partial charge < -0.3 is 5.32 Å². The zero-order valence-electron chi connectivity index (χ0n) is 7.02. The predicted octanol–water partition coefficient (Wildman–Crippen LogP) is 0.968. The Morgan fingerprint density at radius 2 is 2.27 bits per heavy atom. The molecule has 62 valence electrons. The number of rotatable bonds is 6. The number of hydrogen-bond acceptors (Lipinski definition) is 2. The molecule has 0 aliphatic rings. The Balaban J connectivity index is 3.12. The minimum atomic E-state index is 0.268. The number of nitrogens with one attached hydrogen (secondary N) is 1. The van der Waals surface area contributed by atoms with Gasteiger partial charge in [-0.3, -0.25) is 4.79 Å². The first-order valence-electron chi connectivity index (χ1n) is 3.91. The van der Waals surface area contributed by atoms with Crippen molar-refractivity contribution in [2.24, 2.45) is 0 Å². The molecule has 0 unspecified atom stereocenters. The first-order chi connectivity index (χ1) is 5.31. The van der Waals surface area contributed by atoms with Crippen molar-refractivity contribution in [2.45, 2.75) is 25.7 Å². The van der Waals surface area contributed by atoms with E-state index < -0.39 is 0 Å². The van der Waals surface area contributed by atoms with Crippen molar-refractivity contribution >= 4 is 5.78 Å². The number of likely N-dealkylation sites (N-methyl/N-ethyl adjacent to an activating group) is 1. The van der Waals surface area contributed by atoms with Crippen molar-refractivity contribution in [1.29, 1.82) is 0 Å². The molecule has 0 saturated heterocycles. The van der Waals surface area contributed by atoms with Gasteiger partial charge in [0.05, 0.1) is 6.54 Å². The molecular formula is C9H15NO. The Morgan fingerprint density at radius 3 is 2.82 bits per heavy atom. The van der Waals surface area contributed by atoms with Crippen LogP contribution in [0.2, 0.25) is 0 Å². The number of ketones is 1. The Bertz CT molecular complexity index is 146. The molecule has 0 bridgehead atoms. The van der Waals surface area contributed by atoms with E-state index in [0.717, 1.165) is 19.3 Å². The van der Waals surface area contributed by atoms with Crippen LogP contribution >= 0.6 is 0 Å². The molecular weight excluding hydrogens is 138 g/mol. The van der Waals surface area contributed by atoms with E-state index in [-0.39, 0.29) is 5.78 Å². The average Bonchev–Trinajstić information content (AvgIpc) is 1.99. The van der Waals surface area contributed by atoms with Crippen molar-refractivity contribution in [3.8, 4) is 12.3 Å². The second kappa shape index (κ2) is 7.30. The molecule has 0 aliphatic carbocycles. The number of terminal acetylenes is 1. The second-order valence-corrected chi connectivity index (χ2v) is 2.48. The van der Waals surface area contributed by atoms with Gasteiger partial charge in [-0.2, -0.15) is 0 Å². The van der Waals surface area contributed by atoms with Crippen molar-refractivity contribution in [1.82, 2.24) is 5.32 Å². The molecule has 0 saturated carbocycles. The van der Waals surface area contributed by atoms with Gasteiger partial charge in [0, 0.05) is 12.8 Å². The van der Waals surface area contributed by atoms with Gasteiger partial charge in [0.15, 0.2) is 0 Å². The smallest absolute Gasteiger partial charge is 0.146 e. The maximum atomic E-state index is 10.9. The summed E-state index contributed by atoms with van der Waals surface area (Å²) in [6.07, 6.45) is 8.38. The first kappa shape index (κ1) is 10.2. The Kier molecular flexibility index (Phi) is 6.76. The fourth-order valence-corrected chi connectivity index (χ4v) is 0.835. The number of carbonyl (C=O) groups is 1. The molecule has 0 aromatic carbocycles. The Morgan fingerprint density at radius 1 is 1.55 bits per heavy atom. The lowest BCUT2D eigenvalue weighted by atomic mass is 10.1. The molecule has 0 aliphatic heterocycles. The van der Waals surface area contributed by atoms with Gasteiger partial charge >= 0.3 is 0 Å². The average molecular weight is 153 g/mol. The summed E-state index contributed by atoms with van der Waals surface area (Å²) in [5.74, 6) is 2.81. The summed E-state index contributed by atoms with van der Waals surface area (Å²) in [5.41, 5.74) is 0. The molecule has 0 aromatic rings. The molecule has 0 aromatic heterocycles. The normalized spacial score (nSPS) is 9.09. The quantitative estimate of drug-likeness (QED) is 0.455. The highest BCUT2D eigenvalue weighted by molar-refractivity contribution is 5.80. The highest BCUT2D eigenvalue weighted by Gasteiger charge is 1.97. The van der Waals surface area contributed by atoms with E-state index in [1.807, 2.05) is 0 Å². The lowest BCUT2D eigenvalue weighted by Gasteiger charge is -1.97. The zero-order chi connectivity index (χ0) is 8.53. The maximum Gasteiger partial charge on any atom is 0.146 e. The van der Waals surface area contributed by atoms with Crippen molar-refractivity contribution in [2.75, 3.05) is 13.6 Å². The summed E-state index contributed by atoms with van der Waals surface area (Å²) >= 11 is 0. The zero-order valence-corrected chi connectivity index (χ0v) is 7.02. The molecule has 1 N–H and O–H groups in total. The van der Waals surface area contributed by atoms with Gasteiger partial charge in [0.25, 0.3) is 0 Å². The topological polar surface area (TPSA) is 29.1 Å². The second-order valence-electron chi connectivity index (χ2n) is 2.48. The van der Waals surface area contributed by atoms with E-state index in [0.29, 0.717) is 13.0 Å². The summed E-state index contributed by atoms with van der Waals surface area (Å²) in [7, 11) is 1.78. The minimum Gasteiger partial charge on any atom is -0.313 e. The van der Waals surface area contributed by atoms with E-state index in [4.69, 9.17) is 6.42 Å². The summed E-state index contributed by atoms with van der Waals surface area (Å²) < 4.78 is 0. The van der Waals surface area contributed by atoms with Crippen molar-refractivity contribution in [3.63, 3.8) is 0 Å². The van der Waals surface area contributed by atoms with Crippen LogP contribution in [0.25, 0.3) is 0 Å². The number of hydrogen-bond donors (Lipinski definition) is 1. The van der Waals surface area contributed by atoms with Gasteiger partial charge in [-0.1, -0.05) is 0 Å². The number of Topliss-reactive ketones (excluding diaryl/α,β-unsaturated/α-hetero) is 1. The summed E-state index contributed by atoms with van der Waals surface area (Å²) in [4.78, 5) is 10.9. The Hall–Kier alpha value is -0.810. The maximum absolute atomic E-state index is 10.9. The number of carbonyl (C=O) groups excluding carboxylic acids is 1. The van der Waals surface area contributed by atoms with E-state index in [2.05, 4.69) is 11.2 Å². The molecule has 0 fully saturated rings. The van der Waals surface area contributed by atoms with Crippen LogP contribution in [-0.2, 0) is 4.79 Å². The molecule has 0 spiro atoms. The minimum absolute atomic E-state index is 0.268.